The summed E-state index contributed by atoms with van der Waals surface area (Å²) in [5, 5.41) is 0. The van der Waals surface area contributed by atoms with Crippen LogP contribution in [0.5, 0.6) is 0 Å². The molecule has 0 radical (unpaired) electrons. The maximum atomic E-state index is 12.6. The highest BCUT2D eigenvalue weighted by atomic mass is 16.1. The van der Waals surface area contributed by atoms with Gasteiger partial charge in [-0.3, -0.25) is 9.69 Å². The van der Waals surface area contributed by atoms with Gasteiger partial charge in [0.15, 0.2) is 5.78 Å². The Morgan fingerprint density at radius 1 is 1.32 bits per heavy atom. The molecule has 0 aromatic carbocycles. The third-order valence-electron chi connectivity index (χ3n) is 3.82. The van der Waals surface area contributed by atoms with Crippen molar-refractivity contribution in [2.24, 2.45) is 0 Å². The van der Waals surface area contributed by atoms with E-state index in [1.807, 2.05) is 20.0 Å². The van der Waals surface area contributed by atoms with Crippen molar-refractivity contribution in [2.45, 2.75) is 59.5 Å². The van der Waals surface area contributed by atoms with Crippen molar-refractivity contribution in [1.82, 2.24) is 14.5 Å². The van der Waals surface area contributed by atoms with Gasteiger partial charge in [0.05, 0.1) is 12.0 Å². The molecule has 0 saturated heterocycles. The minimum atomic E-state index is -0.424. The Balaban J connectivity index is 2.80. The van der Waals surface area contributed by atoms with E-state index < -0.39 is 5.54 Å². The normalized spacial score (nSPS) is 12.1. The number of Topliss-reactive ketones (excluding diaryl/α,β-unsaturated/α-hetero) is 1. The molecule has 1 aromatic heterocycles. The summed E-state index contributed by atoms with van der Waals surface area (Å²) in [7, 11) is 0. The molecule has 108 valence electrons. The fraction of sp³-hybridized carbons (Fsp3) is 0.733. The van der Waals surface area contributed by atoms with Crippen LogP contribution in [0.2, 0.25) is 0 Å². The van der Waals surface area contributed by atoms with Gasteiger partial charge in [0, 0.05) is 18.9 Å². The van der Waals surface area contributed by atoms with Crippen molar-refractivity contribution in [2.75, 3.05) is 13.1 Å². The smallest absolute Gasteiger partial charge is 0.160 e. The van der Waals surface area contributed by atoms with E-state index in [1.54, 1.807) is 6.20 Å². The highest BCUT2D eigenvalue weighted by Crippen LogP contribution is 2.17. The van der Waals surface area contributed by atoms with E-state index in [4.69, 9.17) is 0 Å². The summed E-state index contributed by atoms with van der Waals surface area (Å²) in [4.78, 5) is 19.1. The van der Waals surface area contributed by atoms with Crippen LogP contribution in [0.25, 0.3) is 0 Å². The van der Waals surface area contributed by atoms with Crippen LogP contribution >= 0.6 is 0 Å². The second-order valence-electron chi connectivity index (χ2n) is 5.37. The minimum Gasteiger partial charge on any atom is -0.335 e. The average Bonchev–Trinajstić information content (AvgIpc) is 2.78. The standard InChI is InChI=1S/C15H27N3O/c1-6-10-17-11-9-16-14(17)12-13(19)15(4,5)18(7-2)8-3/h9,11H,6-8,10,12H2,1-5H3. The molecular weight excluding hydrogens is 238 g/mol. The van der Waals surface area contributed by atoms with E-state index >= 15 is 0 Å². The van der Waals surface area contributed by atoms with Crippen molar-refractivity contribution in [3.05, 3.63) is 18.2 Å². The molecule has 1 heterocycles. The lowest BCUT2D eigenvalue weighted by Crippen LogP contribution is -2.50. The van der Waals surface area contributed by atoms with E-state index in [1.165, 1.54) is 0 Å². The Labute approximate surface area is 116 Å². The molecular formula is C15H27N3O. The zero-order valence-corrected chi connectivity index (χ0v) is 12.9. The molecule has 4 nitrogen and oxygen atoms in total. The summed E-state index contributed by atoms with van der Waals surface area (Å²) in [6.45, 7) is 13.0. The molecule has 4 heteroatoms. The van der Waals surface area contributed by atoms with Crippen LogP contribution in [0.4, 0.5) is 0 Å². The molecule has 0 spiro atoms. The Bertz CT molecular complexity index is 405. The highest BCUT2D eigenvalue weighted by molar-refractivity contribution is 5.88. The second-order valence-corrected chi connectivity index (χ2v) is 5.37. The van der Waals surface area contributed by atoms with Gasteiger partial charge >= 0.3 is 0 Å². The van der Waals surface area contributed by atoms with Crippen LogP contribution in [-0.4, -0.2) is 38.9 Å². The molecule has 0 amide bonds. The number of hydrogen-bond acceptors (Lipinski definition) is 3. The van der Waals surface area contributed by atoms with Crippen LogP contribution in [0.3, 0.4) is 0 Å². The van der Waals surface area contributed by atoms with Crippen molar-refractivity contribution in [3.8, 4) is 0 Å². The van der Waals surface area contributed by atoms with Crippen LogP contribution in [0, 0.1) is 0 Å². The summed E-state index contributed by atoms with van der Waals surface area (Å²) in [6, 6.07) is 0. The lowest BCUT2D eigenvalue weighted by atomic mass is 9.94. The monoisotopic (exact) mass is 265 g/mol. The fourth-order valence-corrected chi connectivity index (χ4v) is 2.50. The molecule has 0 N–H and O–H groups in total. The summed E-state index contributed by atoms with van der Waals surface area (Å²) in [6.07, 6.45) is 5.20. The van der Waals surface area contributed by atoms with Gasteiger partial charge in [-0.25, -0.2) is 4.98 Å². The summed E-state index contributed by atoms with van der Waals surface area (Å²) in [5.41, 5.74) is -0.424. The Morgan fingerprint density at radius 2 is 1.95 bits per heavy atom. The Kier molecular flexibility index (Phi) is 5.73. The molecule has 19 heavy (non-hydrogen) atoms. The first-order valence-corrected chi connectivity index (χ1v) is 7.25. The highest BCUT2D eigenvalue weighted by Gasteiger charge is 2.33. The van der Waals surface area contributed by atoms with Crippen molar-refractivity contribution >= 4 is 5.78 Å². The van der Waals surface area contributed by atoms with Gasteiger partial charge in [0.1, 0.15) is 5.82 Å². The predicted molar refractivity (Wildman–Crippen MR) is 78.2 cm³/mol. The predicted octanol–water partition coefficient (Wildman–Crippen LogP) is 2.53. The number of aromatic nitrogens is 2. The zero-order valence-electron chi connectivity index (χ0n) is 12.9. The number of imidazole rings is 1. The van der Waals surface area contributed by atoms with Gasteiger partial charge < -0.3 is 4.57 Å². The van der Waals surface area contributed by atoms with Gasteiger partial charge in [-0.2, -0.15) is 0 Å². The number of hydrogen-bond donors (Lipinski definition) is 0. The lowest BCUT2D eigenvalue weighted by Gasteiger charge is -2.35. The molecule has 0 aliphatic rings. The quantitative estimate of drug-likeness (QED) is 0.725. The number of ketones is 1. The van der Waals surface area contributed by atoms with E-state index in [-0.39, 0.29) is 5.78 Å². The SMILES string of the molecule is CCCn1ccnc1CC(=O)C(C)(C)N(CC)CC. The van der Waals surface area contributed by atoms with Gasteiger partial charge in [-0.05, 0) is 33.4 Å². The molecule has 1 rings (SSSR count). The summed E-state index contributed by atoms with van der Waals surface area (Å²) >= 11 is 0. The first kappa shape index (κ1) is 15.9. The maximum Gasteiger partial charge on any atom is 0.160 e. The fourth-order valence-electron chi connectivity index (χ4n) is 2.50. The van der Waals surface area contributed by atoms with E-state index in [2.05, 4.69) is 35.2 Å². The molecule has 0 saturated carbocycles. The van der Waals surface area contributed by atoms with Gasteiger partial charge in [-0.1, -0.05) is 20.8 Å². The minimum absolute atomic E-state index is 0.236. The van der Waals surface area contributed by atoms with Crippen LogP contribution in [0.15, 0.2) is 12.4 Å². The number of nitrogens with zero attached hydrogens (tertiary/aromatic N) is 3. The number of carbonyl (C=O) groups is 1. The number of aryl methyl sites for hydroxylation is 1. The Morgan fingerprint density at radius 3 is 2.47 bits per heavy atom. The topological polar surface area (TPSA) is 38.1 Å². The third-order valence-corrected chi connectivity index (χ3v) is 3.82. The van der Waals surface area contributed by atoms with Crippen molar-refractivity contribution < 1.29 is 4.79 Å². The maximum absolute atomic E-state index is 12.6. The summed E-state index contributed by atoms with van der Waals surface area (Å²) < 4.78 is 2.08. The molecule has 0 atom stereocenters. The third kappa shape index (κ3) is 3.66. The first-order chi connectivity index (χ1) is 8.97. The largest absolute Gasteiger partial charge is 0.335 e. The first-order valence-electron chi connectivity index (χ1n) is 7.25. The van der Waals surface area contributed by atoms with E-state index in [0.717, 1.165) is 31.9 Å². The second kappa shape index (κ2) is 6.85. The number of carbonyl (C=O) groups excluding carboxylic acids is 1. The van der Waals surface area contributed by atoms with Gasteiger partial charge in [0.2, 0.25) is 0 Å². The lowest BCUT2D eigenvalue weighted by molar-refractivity contribution is -0.128. The van der Waals surface area contributed by atoms with Gasteiger partial charge in [-0.15, -0.1) is 0 Å². The Hall–Kier alpha value is -1.16. The summed E-state index contributed by atoms with van der Waals surface area (Å²) in [5.74, 6) is 1.12. The molecule has 0 aliphatic carbocycles. The average molecular weight is 265 g/mol. The molecule has 1 aromatic rings. The van der Waals surface area contributed by atoms with E-state index in [0.29, 0.717) is 6.42 Å². The van der Waals surface area contributed by atoms with Crippen molar-refractivity contribution in [3.63, 3.8) is 0 Å². The molecule has 0 aliphatic heterocycles. The van der Waals surface area contributed by atoms with Gasteiger partial charge in [0.25, 0.3) is 0 Å². The molecule has 0 bridgehead atoms. The van der Waals surface area contributed by atoms with E-state index in [9.17, 15) is 4.79 Å². The molecule has 0 unspecified atom stereocenters. The van der Waals surface area contributed by atoms with Crippen LogP contribution < -0.4 is 0 Å². The zero-order chi connectivity index (χ0) is 14.5. The number of rotatable bonds is 8. The number of likely N-dealkylation sites (N-methyl/N-ethyl adjacent to an activating group) is 1. The molecule has 0 fully saturated rings. The van der Waals surface area contributed by atoms with Crippen molar-refractivity contribution in [1.29, 1.82) is 0 Å². The van der Waals surface area contributed by atoms with Crippen LogP contribution in [-0.2, 0) is 17.8 Å². The van der Waals surface area contributed by atoms with Crippen LogP contribution in [0.1, 0.15) is 46.9 Å².